The van der Waals surface area contributed by atoms with Crippen molar-refractivity contribution in [1.29, 1.82) is 0 Å². The number of para-hydroxylation sites is 1. The molecule has 0 atom stereocenters. The molecule has 1 aliphatic rings. The molecule has 0 saturated carbocycles. The first-order valence-electron chi connectivity index (χ1n) is 8.62. The number of anilines is 2. The van der Waals surface area contributed by atoms with Crippen LogP contribution in [0.15, 0.2) is 36.4 Å². The van der Waals surface area contributed by atoms with E-state index in [0.717, 1.165) is 34.4 Å². The number of carbonyl (C=O) groups excluding carboxylic acids is 1. The second kappa shape index (κ2) is 6.15. The summed E-state index contributed by atoms with van der Waals surface area (Å²) in [6, 6.07) is 12.1. The zero-order valence-corrected chi connectivity index (χ0v) is 15.3. The fourth-order valence-corrected chi connectivity index (χ4v) is 4.46. The van der Waals surface area contributed by atoms with Crippen molar-refractivity contribution >= 4 is 38.8 Å². The number of pyridine rings is 1. The largest absolute Gasteiger partial charge is 0.397 e. The van der Waals surface area contributed by atoms with Gasteiger partial charge in [0.05, 0.1) is 5.69 Å². The van der Waals surface area contributed by atoms with E-state index in [0.29, 0.717) is 23.0 Å². The summed E-state index contributed by atoms with van der Waals surface area (Å²) in [6.07, 6.45) is 1.82. The average molecular weight is 351 g/mol. The van der Waals surface area contributed by atoms with Crippen LogP contribution in [0.1, 0.15) is 34.8 Å². The lowest BCUT2D eigenvalue weighted by molar-refractivity contribution is 0.0994. The first kappa shape index (κ1) is 16.1. The van der Waals surface area contributed by atoms with Gasteiger partial charge in [0.25, 0.3) is 5.91 Å². The fraction of sp³-hybridized carbons (Fsp3) is 0.300. The van der Waals surface area contributed by atoms with E-state index >= 15 is 0 Å². The van der Waals surface area contributed by atoms with Gasteiger partial charge in [0.2, 0.25) is 0 Å². The minimum absolute atomic E-state index is 0.0177. The predicted octanol–water partition coefficient (Wildman–Crippen LogP) is 4.28. The Morgan fingerprint density at radius 1 is 1.28 bits per heavy atom. The number of nitrogens with two attached hydrogens (primary N) is 1. The topological polar surface area (TPSA) is 59.2 Å². The summed E-state index contributed by atoms with van der Waals surface area (Å²) >= 11 is 1.41. The Kier molecular flexibility index (Phi) is 3.96. The summed E-state index contributed by atoms with van der Waals surface area (Å²) in [5.74, 6) is 0.528. The zero-order valence-electron chi connectivity index (χ0n) is 14.5. The quantitative estimate of drug-likeness (QED) is 0.766. The van der Waals surface area contributed by atoms with E-state index in [4.69, 9.17) is 10.7 Å². The van der Waals surface area contributed by atoms with Gasteiger partial charge in [-0.3, -0.25) is 4.79 Å². The van der Waals surface area contributed by atoms with Gasteiger partial charge in [-0.25, -0.2) is 4.98 Å². The number of aromatic nitrogens is 1. The molecule has 4 nitrogen and oxygen atoms in total. The van der Waals surface area contributed by atoms with Gasteiger partial charge in [-0.1, -0.05) is 32.0 Å². The lowest BCUT2D eigenvalue weighted by Crippen LogP contribution is -2.28. The molecule has 0 spiro atoms. The number of thiophene rings is 1. The van der Waals surface area contributed by atoms with Crippen molar-refractivity contribution in [2.75, 3.05) is 17.2 Å². The Balaban J connectivity index is 1.72. The summed E-state index contributed by atoms with van der Waals surface area (Å²) < 4.78 is 0. The first-order valence-corrected chi connectivity index (χ1v) is 9.44. The lowest BCUT2D eigenvalue weighted by Gasteiger charge is -2.16. The number of carbonyl (C=O) groups is 1. The van der Waals surface area contributed by atoms with Gasteiger partial charge in [0, 0.05) is 23.3 Å². The van der Waals surface area contributed by atoms with Gasteiger partial charge in [-0.2, -0.15) is 0 Å². The molecule has 0 unspecified atom stereocenters. The smallest absolute Gasteiger partial charge is 0.270 e. The van der Waals surface area contributed by atoms with Crippen molar-refractivity contribution in [2.24, 2.45) is 5.92 Å². The number of benzene rings is 1. The SMILES string of the molecule is CC(C)Cc1ccc2c(N)c(C(=O)N3CCc4ccccc43)sc2n1. The third kappa shape index (κ3) is 2.78. The van der Waals surface area contributed by atoms with Gasteiger partial charge in [-0.05, 0) is 42.5 Å². The number of amides is 1. The number of nitrogens with zero attached hydrogens (tertiary/aromatic N) is 2. The fourth-order valence-electron chi connectivity index (χ4n) is 3.40. The third-order valence-electron chi connectivity index (χ3n) is 4.60. The van der Waals surface area contributed by atoms with E-state index < -0.39 is 0 Å². The lowest BCUT2D eigenvalue weighted by atomic mass is 10.1. The minimum atomic E-state index is -0.0177. The van der Waals surface area contributed by atoms with Crippen LogP contribution in [0.3, 0.4) is 0 Å². The van der Waals surface area contributed by atoms with Crippen molar-refractivity contribution in [3.05, 3.63) is 52.5 Å². The highest BCUT2D eigenvalue weighted by molar-refractivity contribution is 7.21. The minimum Gasteiger partial charge on any atom is -0.397 e. The van der Waals surface area contributed by atoms with Crippen LogP contribution in [0.25, 0.3) is 10.2 Å². The molecule has 2 aromatic heterocycles. The number of fused-ring (bicyclic) bond motifs is 2. The van der Waals surface area contributed by atoms with Gasteiger partial charge in [0.15, 0.2) is 0 Å². The number of rotatable bonds is 3. The highest BCUT2D eigenvalue weighted by Gasteiger charge is 2.28. The van der Waals surface area contributed by atoms with Crippen LogP contribution in [-0.4, -0.2) is 17.4 Å². The number of hydrogen-bond donors (Lipinski definition) is 1. The summed E-state index contributed by atoms with van der Waals surface area (Å²) in [5, 5.41) is 0.883. The second-order valence-electron chi connectivity index (χ2n) is 6.93. The Morgan fingerprint density at radius 3 is 2.88 bits per heavy atom. The van der Waals surface area contributed by atoms with Crippen molar-refractivity contribution in [1.82, 2.24) is 4.98 Å². The molecular weight excluding hydrogens is 330 g/mol. The third-order valence-corrected chi connectivity index (χ3v) is 5.70. The Labute approximate surface area is 151 Å². The number of nitrogen functional groups attached to an aromatic ring is 1. The van der Waals surface area contributed by atoms with Crippen LogP contribution in [-0.2, 0) is 12.8 Å². The van der Waals surface area contributed by atoms with Gasteiger partial charge in [-0.15, -0.1) is 11.3 Å². The van der Waals surface area contributed by atoms with Gasteiger partial charge >= 0.3 is 0 Å². The van der Waals surface area contributed by atoms with Crippen LogP contribution in [0, 0.1) is 5.92 Å². The molecule has 1 amide bonds. The molecule has 3 heterocycles. The van der Waals surface area contributed by atoms with Crippen LogP contribution in [0.5, 0.6) is 0 Å². The molecule has 3 aromatic rings. The molecule has 0 saturated heterocycles. The van der Waals surface area contributed by atoms with E-state index in [1.807, 2.05) is 35.2 Å². The van der Waals surface area contributed by atoms with Crippen LogP contribution in [0.2, 0.25) is 0 Å². The molecule has 0 radical (unpaired) electrons. The monoisotopic (exact) mass is 351 g/mol. The molecule has 1 aliphatic heterocycles. The second-order valence-corrected chi connectivity index (χ2v) is 7.93. The molecule has 0 aliphatic carbocycles. The van der Waals surface area contributed by atoms with E-state index in [-0.39, 0.29) is 5.91 Å². The Hall–Kier alpha value is -2.40. The highest BCUT2D eigenvalue weighted by atomic mass is 32.1. The molecule has 128 valence electrons. The maximum atomic E-state index is 13.1. The molecule has 4 rings (SSSR count). The predicted molar refractivity (Wildman–Crippen MR) is 104 cm³/mol. The standard InChI is InChI=1S/C20H21N3OS/c1-12(2)11-14-7-8-15-17(21)18(25-19(15)22-14)20(24)23-10-9-13-5-3-4-6-16(13)23/h3-8,12H,9-11,21H2,1-2H3. The van der Waals surface area contributed by atoms with Crippen molar-refractivity contribution in [2.45, 2.75) is 26.7 Å². The number of hydrogen-bond acceptors (Lipinski definition) is 4. The Morgan fingerprint density at radius 2 is 2.08 bits per heavy atom. The van der Waals surface area contributed by atoms with Crippen molar-refractivity contribution < 1.29 is 4.79 Å². The normalized spacial score (nSPS) is 13.6. The molecule has 0 fully saturated rings. The maximum absolute atomic E-state index is 13.1. The molecule has 5 heteroatoms. The molecule has 2 N–H and O–H groups in total. The van der Waals surface area contributed by atoms with E-state index in [1.54, 1.807) is 0 Å². The van der Waals surface area contributed by atoms with Crippen molar-refractivity contribution in [3.8, 4) is 0 Å². The van der Waals surface area contributed by atoms with E-state index in [1.165, 1.54) is 16.9 Å². The molecule has 0 bridgehead atoms. The van der Waals surface area contributed by atoms with Crippen LogP contribution in [0.4, 0.5) is 11.4 Å². The van der Waals surface area contributed by atoms with E-state index in [9.17, 15) is 4.79 Å². The maximum Gasteiger partial charge on any atom is 0.270 e. The summed E-state index contributed by atoms with van der Waals surface area (Å²) in [7, 11) is 0. The average Bonchev–Trinajstić information content (AvgIpc) is 3.15. The van der Waals surface area contributed by atoms with E-state index in [2.05, 4.69) is 19.9 Å². The summed E-state index contributed by atoms with van der Waals surface area (Å²) in [4.78, 5) is 21.1. The molecule has 1 aromatic carbocycles. The summed E-state index contributed by atoms with van der Waals surface area (Å²) in [6.45, 7) is 5.06. The van der Waals surface area contributed by atoms with Crippen LogP contribution < -0.4 is 10.6 Å². The van der Waals surface area contributed by atoms with Gasteiger partial charge < -0.3 is 10.6 Å². The first-order chi connectivity index (χ1) is 12.0. The zero-order chi connectivity index (χ0) is 17.6. The van der Waals surface area contributed by atoms with Crippen molar-refractivity contribution in [3.63, 3.8) is 0 Å². The summed E-state index contributed by atoms with van der Waals surface area (Å²) in [5.41, 5.74) is 10.1. The van der Waals surface area contributed by atoms with Crippen LogP contribution >= 0.6 is 11.3 Å². The molecular formula is C20H21N3OS. The van der Waals surface area contributed by atoms with Gasteiger partial charge in [0.1, 0.15) is 9.71 Å². The Bertz CT molecular complexity index is 961. The highest BCUT2D eigenvalue weighted by Crippen LogP contribution is 2.36. The molecule has 25 heavy (non-hydrogen) atoms.